The fourth-order valence-corrected chi connectivity index (χ4v) is 8.24. The lowest BCUT2D eigenvalue weighted by Crippen LogP contribution is -2.29. The number of rotatable bonds is 2. The van der Waals surface area contributed by atoms with E-state index >= 15 is 0 Å². The number of aromatic nitrogens is 8. The predicted octanol–water partition coefficient (Wildman–Crippen LogP) is 5.08. The van der Waals surface area contributed by atoms with Crippen LogP contribution in [0.2, 0.25) is 0 Å². The second kappa shape index (κ2) is 10.8. The molecule has 0 spiro atoms. The minimum atomic E-state index is -0.598. The standard InChI is InChI=1S/2C18H16N4O/c2*23-18-13(5-6-14-16(18)21-8-7-20-14)17-12-4-2-1-3-11(12)15-9-19-10-22(15)17/h2*1-4,7-10,13,17-18,23H,5-6H2/t2*13-,17+,18-/m10/s1. The first-order chi connectivity index (χ1) is 22.7. The summed E-state index contributed by atoms with van der Waals surface area (Å²) in [5, 5.41) is 21.9. The molecule has 0 saturated carbocycles. The monoisotopic (exact) mass is 608 g/mol. The van der Waals surface area contributed by atoms with Gasteiger partial charge in [0.1, 0.15) is 12.2 Å². The Morgan fingerprint density at radius 1 is 0.565 bits per heavy atom. The van der Waals surface area contributed by atoms with Crippen LogP contribution in [-0.2, 0) is 12.8 Å². The average molecular weight is 609 g/mol. The number of hydrogen-bond acceptors (Lipinski definition) is 8. The molecule has 0 bridgehead atoms. The Morgan fingerprint density at radius 3 is 1.48 bits per heavy atom. The molecule has 6 atom stereocenters. The molecule has 228 valence electrons. The van der Waals surface area contributed by atoms with E-state index in [0.29, 0.717) is 0 Å². The van der Waals surface area contributed by atoms with Gasteiger partial charge in [-0.25, -0.2) is 9.97 Å². The summed E-state index contributed by atoms with van der Waals surface area (Å²) in [5.41, 5.74) is 10.5. The van der Waals surface area contributed by atoms with Crippen LogP contribution < -0.4 is 0 Å². The van der Waals surface area contributed by atoms with Crippen molar-refractivity contribution in [2.24, 2.45) is 11.8 Å². The number of nitrogens with zero attached hydrogens (tertiary/aromatic N) is 8. The van der Waals surface area contributed by atoms with Crippen LogP contribution in [0.3, 0.4) is 0 Å². The Morgan fingerprint density at radius 2 is 1.00 bits per heavy atom. The lowest BCUT2D eigenvalue weighted by atomic mass is 9.79. The van der Waals surface area contributed by atoms with E-state index in [4.69, 9.17) is 0 Å². The van der Waals surface area contributed by atoms with Gasteiger partial charge < -0.3 is 19.3 Å². The van der Waals surface area contributed by atoms with E-state index in [9.17, 15) is 10.2 Å². The van der Waals surface area contributed by atoms with Crippen molar-refractivity contribution in [3.8, 4) is 22.5 Å². The third kappa shape index (κ3) is 4.10. The Labute approximate surface area is 265 Å². The molecule has 2 aliphatic heterocycles. The Bertz CT molecular complexity index is 1920. The van der Waals surface area contributed by atoms with Crippen LogP contribution in [0.1, 0.15) is 71.0 Å². The van der Waals surface area contributed by atoms with Crippen LogP contribution >= 0.6 is 0 Å². The number of aliphatic hydroxyl groups is 2. The van der Waals surface area contributed by atoms with Gasteiger partial charge in [-0.2, -0.15) is 0 Å². The van der Waals surface area contributed by atoms with Gasteiger partial charge in [-0.15, -0.1) is 0 Å². The molecule has 2 aliphatic carbocycles. The topological polar surface area (TPSA) is 128 Å². The van der Waals surface area contributed by atoms with E-state index in [0.717, 1.165) is 59.8 Å². The summed E-state index contributed by atoms with van der Waals surface area (Å²) in [6, 6.07) is 17.0. The zero-order valence-corrected chi connectivity index (χ0v) is 25.0. The molecule has 0 amide bonds. The number of benzene rings is 2. The van der Waals surface area contributed by atoms with Crippen molar-refractivity contribution in [3.63, 3.8) is 0 Å². The molecule has 4 aliphatic rings. The maximum Gasteiger partial charge on any atom is 0.103 e. The maximum atomic E-state index is 10.9. The first-order valence-corrected chi connectivity index (χ1v) is 15.9. The highest BCUT2D eigenvalue weighted by atomic mass is 16.3. The zero-order chi connectivity index (χ0) is 30.8. The summed E-state index contributed by atoms with van der Waals surface area (Å²) >= 11 is 0. The van der Waals surface area contributed by atoms with Crippen molar-refractivity contribution in [3.05, 3.63) is 132 Å². The molecule has 10 heteroatoms. The number of imidazole rings is 2. The molecule has 0 saturated heterocycles. The van der Waals surface area contributed by atoms with E-state index in [1.54, 1.807) is 24.8 Å². The first-order valence-electron chi connectivity index (χ1n) is 15.9. The SMILES string of the molecule is O[C@@H]1c2nccnc2CC[C@H]1[C@H]1c2ccccc2-c2cncn21.O[C@H]1c2nccnc2CC[C@@H]1[C@@H]1c2ccccc2-c2cncn21. The van der Waals surface area contributed by atoms with Crippen LogP contribution in [0.5, 0.6) is 0 Å². The summed E-state index contributed by atoms with van der Waals surface area (Å²) in [7, 11) is 0. The average Bonchev–Trinajstić information content (AvgIpc) is 3.89. The molecule has 46 heavy (non-hydrogen) atoms. The molecule has 2 N–H and O–H groups in total. The third-order valence-electron chi connectivity index (χ3n) is 10.3. The first kappa shape index (κ1) is 27.3. The van der Waals surface area contributed by atoms with Gasteiger partial charge in [0, 0.05) is 47.8 Å². The van der Waals surface area contributed by atoms with Crippen molar-refractivity contribution < 1.29 is 10.2 Å². The van der Waals surface area contributed by atoms with Crippen LogP contribution in [0.15, 0.2) is 98.4 Å². The zero-order valence-electron chi connectivity index (χ0n) is 25.0. The minimum Gasteiger partial charge on any atom is -0.386 e. The van der Waals surface area contributed by atoms with E-state index in [1.165, 1.54) is 22.3 Å². The quantitative estimate of drug-likeness (QED) is 0.279. The van der Waals surface area contributed by atoms with Crippen molar-refractivity contribution in [2.45, 2.75) is 50.0 Å². The van der Waals surface area contributed by atoms with Crippen molar-refractivity contribution in [1.82, 2.24) is 39.0 Å². The number of aliphatic hydroxyl groups excluding tert-OH is 2. The highest BCUT2D eigenvalue weighted by molar-refractivity contribution is 5.70. The van der Waals surface area contributed by atoms with Gasteiger partial charge in [0.2, 0.25) is 0 Å². The van der Waals surface area contributed by atoms with E-state index in [2.05, 4.69) is 87.6 Å². The normalized spacial score (nSPS) is 24.8. The lowest BCUT2D eigenvalue weighted by molar-refractivity contribution is 0.0667. The molecule has 10 nitrogen and oxygen atoms in total. The minimum absolute atomic E-state index is 0.0794. The smallest absolute Gasteiger partial charge is 0.103 e. The maximum absolute atomic E-state index is 10.9. The Balaban J connectivity index is 0.000000127. The second-order valence-electron chi connectivity index (χ2n) is 12.5. The number of fused-ring (bicyclic) bond motifs is 8. The Hall–Kier alpha value is -5.06. The summed E-state index contributed by atoms with van der Waals surface area (Å²) in [6.45, 7) is 0. The molecule has 6 aromatic rings. The summed E-state index contributed by atoms with van der Waals surface area (Å²) in [4.78, 5) is 26.1. The molecule has 10 rings (SSSR count). The van der Waals surface area contributed by atoms with Gasteiger partial charge in [0.15, 0.2) is 0 Å². The predicted molar refractivity (Wildman–Crippen MR) is 169 cm³/mol. The highest BCUT2D eigenvalue weighted by Gasteiger charge is 2.42. The van der Waals surface area contributed by atoms with Gasteiger partial charge in [0.05, 0.1) is 71.3 Å². The molecule has 0 fully saturated rings. The van der Waals surface area contributed by atoms with E-state index in [1.807, 2.05) is 25.0 Å². The third-order valence-corrected chi connectivity index (χ3v) is 10.3. The van der Waals surface area contributed by atoms with E-state index in [-0.39, 0.29) is 23.9 Å². The van der Waals surface area contributed by atoms with Crippen molar-refractivity contribution in [1.29, 1.82) is 0 Å². The van der Waals surface area contributed by atoms with Crippen molar-refractivity contribution >= 4 is 0 Å². The molecule has 6 heterocycles. The van der Waals surface area contributed by atoms with Gasteiger partial charge >= 0.3 is 0 Å². The molecule has 2 aromatic carbocycles. The molecular formula is C36H32N8O2. The van der Waals surface area contributed by atoms with Gasteiger partial charge in [-0.3, -0.25) is 19.9 Å². The molecular weight excluding hydrogens is 576 g/mol. The molecule has 0 radical (unpaired) electrons. The number of aryl methyl sites for hydroxylation is 2. The fourth-order valence-electron chi connectivity index (χ4n) is 8.24. The second-order valence-corrected chi connectivity index (χ2v) is 12.5. The molecule has 4 aromatic heterocycles. The highest BCUT2D eigenvalue weighted by Crippen LogP contribution is 2.50. The van der Waals surface area contributed by atoms with Crippen molar-refractivity contribution in [2.75, 3.05) is 0 Å². The van der Waals surface area contributed by atoms with Crippen LogP contribution in [-0.4, -0.2) is 49.3 Å². The van der Waals surface area contributed by atoms with Crippen LogP contribution in [0.25, 0.3) is 22.5 Å². The summed E-state index contributed by atoms with van der Waals surface area (Å²) < 4.78 is 4.39. The van der Waals surface area contributed by atoms with Gasteiger partial charge in [-0.1, -0.05) is 48.5 Å². The van der Waals surface area contributed by atoms with Gasteiger partial charge in [-0.05, 0) is 36.8 Å². The fraction of sp³-hybridized carbons (Fsp3) is 0.278. The lowest BCUT2D eigenvalue weighted by Gasteiger charge is -2.33. The largest absolute Gasteiger partial charge is 0.386 e. The number of hydrogen-bond donors (Lipinski definition) is 2. The summed E-state index contributed by atoms with van der Waals surface area (Å²) in [6.07, 6.45) is 16.6. The Kier molecular flexibility index (Phi) is 6.39. The summed E-state index contributed by atoms with van der Waals surface area (Å²) in [5.74, 6) is 0.159. The molecule has 0 unspecified atom stereocenters. The van der Waals surface area contributed by atoms with E-state index < -0.39 is 12.2 Å². The van der Waals surface area contributed by atoms with Crippen LogP contribution in [0.4, 0.5) is 0 Å². The van der Waals surface area contributed by atoms with Gasteiger partial charge in [0.25, 0.3) is 0 Å². The van der Waals surface area contributed by atoms with Crippen LogP contribution in [0, 0.1) is 11.8 Å².